The number of morpholine rings is 1. The van der Waals surface area contributed by atoms with Gasteiger partial charge in [-0.25, -0.2) is 0 Å². The number of carbonyl (C=O) groups excluding carboxylic acids is 2. The topological polar surface area (TPSA) is 67.9 Å². The predicted octanol–water partition coefficient (Wildman–Crippen LogP) is 3.55. The van der Waals surface area contributed by atoms with E-state index in [0.29, 0.717) is 24.5 Å². The largest absolute Gasteiger partial charge is 0.492 e. The van der Waals surface area contributed by atoms with Crippen molar-refractivity contribution in [3.63, 3.8) is 0 Å². The van der Waals surface area contributed by atoms with Crippen molar-refractivity contribution >= 4 is 23.4 Å². The number of amides is 2. The molecule has 2 aromatic carbocycles. The number of benzene rings is 2. The highest BCUT2D eigenvalue weighted by atomic mass is 35.5. The molecule has 1 N–H and O–H groups in total. The van der Waals surface area contributed by atoms with Gasteiger partial charge in [0.25, 0.3) is 0 Å². The van der Waals surface area contributed by atoms with Crippen LogP contribution in [0.2, 0.25) is 5.02 Å². The summed E-state index contributed by atoms with van der Waals surface area (Å²) in [5, 5.41) is 2.96. The Labute approximate surface area is 187 Å². The Morgan fingerprint density at radius 3 is 2.74 bits per heavy atom. The normalized spacial score (nSPS) is 19.9. The van der Waals surface area contributed by atoms with Crippen molar-refractivity contribution in [3.8, 4) is 16.9 Å². The van der Waals surface area contributed by atoms with Gasteiger partial charge in [-0.3, -0.25) is 19.8 Å². The second-order valence-electron chi connectivity index (χ2n) is 8.00. The van der Waals surface area contributed by atoms with Crippen LogP contribution in [0.15, 0.2) is 36.4 Å². The van der Waals surface area contributed by atoms with Crippen molar-refractivity contribution in [1.29, 1.82) is 0 Å². The van der Waals surface area contributed by atoms with Crippen LogP contribution in [0.5, 0.6) is 5.75 Å². The molecular weight excluding hydrogens is 416 g/mol. The molecule has 0 bridgehead atoms. The minimum Gasteiger partial charge on any atom is -0.492 e. The van der Waals surface area contributed by atoms with Crippen LogP contribution in [0.1, 0.15) is 29.9 Å². The average Bonchev–Trinajstić information content (AvgIpc) is 2.76. The maximum absolute atomic E-state index is 12.3. The summed E-state index contributed by atoms with van der Waals surface area (Å²) < 4.78 is 11.4. The smallest absolute Gasteiger partial charge is 0.234 e. The highest BCUT2D eigenvalue weighted by Gasteiger charge is 2.30. The molecule has 7 heteroatoms. The van der Waals surface area contributed by atoms with Gasteiger partial charge in [0.05, 0.1) is 24.2 Å². The number of carbonyl (C=O) groups is 2. The zero-order valence-electron chi connectivity index (χ0n) is 17.7. The maximum atomic E-state index is 12.3. The molecule has 2 heterocycles. The molecule has 0 aromatic heterocycles. The third-order valence-corrected chi connectivity index (χ3v) is 6.32. The van der Waals surface area contributed by atoms with Gasteiger partial charge in [-0.15, -0.1) is 0 Å². The van der Waals surface area contributed by atoms with E-state index in [2.05, 4.69) is 16.3 Å². The summed E-state index contributed by atoms with van der Waals surface area (Å²) in [5.41, 5.74) is 3.62. The summed E-state index contributed by atoms with van der Waals surface area (Å²) in [6, 6.07) is 11.7. The third-order valence-electron chi connectivity index (χ3n) is 5.90. The second-order valence-corrected chi connectivity index (χ2v) is 8.37. The van der Waals surface area contributed by atoms with Gasteiger partial charge in [0.1, 0.15) is 12.4 Å². The van der Waals surface area contributed by atoms with Crippen LogP contribution in [0.4, 0.5) is 0 Å². The molecule has 31 heavy (non-hydrogen) atoms. The number of aryl methyl sites for hydroxylation is 1. The summed E-state index contributed by atoms with van der Waals surface area (Å²) in [6.45, 7) is 6.99. The number of hydrogen-bond acceptors (Lipinski definition) is 5. The molecule has 2 amide bonds. The molecule has 1 atom stereocenters. The van der Waals surface area contributed by atoms with Crippen LogP contribution >= 0.6 is 11.6 Å². The van der Waals surface area contributed by atoms with Crippen molar-refractivity contribution in [2.75, 3.05) is 39.5 Å². The lowest BCUT2D eigenvalue weighted by atomic mass is 9.88. The van der Waals surface area contributed by atoms with Gasteiger partial charge in [0.15, 0.2) is 0 Å². The monoisotopic (exact) mass is 442 g/mol. The van der Waals surface area contributed by atoms with E-state index in [1.54, 1.807) is 0 Å². The first-order chi connectivity index (χ1) is 15.0. The highest BCUT2D eigenvalue weighted by Crippen LogP contribution is 2.38. The molecule has 0 saturated carbocycles. The molecule has 1 unspecified atom stereocenters. The fourth-order valence-electron chi connectivity index (χ4n) is 4.12. The number of ether oxygens (including phenoxy) is 2. The zero-order valence-corrected chi connectivity index (χ0v) is 18.4. The van der Waals surface area contributed by atoms with Gasteiger partial charge in [-0.1, -0.05) is 35.9 Å². The quantitative estimate of drug-likeness (QED) is 0.693. The fraction of sp³-hybridized carbons (Fsp3) is 0.417. The number of nitrogens with one attached hydrogen (secondary N) is 1. The lowest BCUT2D eigenvalue weighted by Crippen LogP contribution is -2.39. The molecule has 4 rings (SSSR count). The Morgan fingerprint density at radius 1 is 1.19 bits per heavy atom. The average molecular weight is 443 g/mol. The molecule has 164 valence electrons. The van der Waals surface area contributed by atoms with Crippen molar-refractivity contribution in [1.82, 2.24) is 10.2 Å². The summed E-state index contributed by atoms with van der Waals surface area (Å²) in [5.74, 6) is -0.0626. The van der Waals surface area contributed by atoms with E-state index in [4.69, 9.17) is 21.1 Å². The summed E-state index contributed by atoms with van der Waals surface area (Å²) in [7, 11) is 0. The number of nitrogens with zero attached hydrogens (tertiary/aromatic N) is 1. The van der Waals surface area contributed by atoms with Crippen LogP contribution in [0, 0.1) is 6.92 Å². The molecule has 0 spiro atoms. The van der Waals surface area contributed by atoms with Crippen LogP contribution in [0.25, 0.3) is 11.1 Å². The van der Waals surface area contributed by atoms with Crippen molar-refractivity contribution in [2.24, 2.45) is 0 Å². The zero-order chi connectivity index (χ0) is 21.8. The third kappa shape index (κ3) is 5.09. The van der Waals surface area contributed by atoms with E-state index in [9.17, 15) is 9.59 Å². The lowest BCUT2D eigenvalue weighted by Gasteiger charge is -2.26. The van der Waals surface area contributed by atoms with Gasteiger partial charge in [0.2, 0.25) is 11.8 Å². The van der Waals surface area contributed by atoms with E-state index < -0.39 is 5.92 Å². The summed E-state index contributed by atoms with van der Waals surface area (Å²) in [6.07, 6.45) is 0.801. The number of imide groups is 1. The predicted molar refractivity (Wildman–Crippen MR) is 120 cm³/mol. The number of halogens is 1. The van der Waals surface area contributed by atoms with Crippen molar-refractivity contribution in [3.05, 3.63) is 52.5 Å². The minimum atomic E-state index is -0.408. The fourth-order valence-corrected chi connectivity index (χ4v) is 4.49. The minimum absolute atomic E-state index is 0.228. The maximum Gasteiger partial charge on any atom is 0.234 e. The van der Waals surface area contributed by atoms with Crippen LogP contribution in [-0.4, -0.2) is 56.2 Å². The van der Waals surface area contributed by atoms with Gasteiger partial charge in [0, 0.05) is 31.6 Å². The van der Waals surface area contributed by atoms with E-state index in [-0.39, 0.29) is 11.8 Å². The van der Waals surface area contributed by atoms with Crippen LogP contribution in [0.3, 0.4) is 0 Å². The second kappa shape index (κ2) is 9.81. The van der Waals surface area contributed by atoms with Gasteiger partial charge >= 0.3 is 0 Å². The number of hydrogen-bond donors (Lipinski definition) is 1. The summed E-state index contributed by atoms with van der Waals surface area (Å²) >= 11 is 6.73. The Kier molecular flexibility index (Phi) is 6.90. The van der Waals surface area contributed by atoms with Crippen molar-refractivity contribution in [2.45, 2.75) is 25.7 Å². The Morgan fingerprint density at radius 2 is 2.00 bits per heavy atom. The lowest BCUT2D eigenvalue weighted by molar-refractivity contribution is -0.134. The van der Waals surface area contributed by atoms with E-state index in [1.807, 2.05) is 37.3 Å². The van der Waals surface area contributed by atoms with Gasteiger partial charge in [-0.05, 0) is 42.2 Å². The molecule has 6 nitrogen and oxygen atoms in total. The molecule has 0 radical (unpaired) electrons. The first-order valence-corrected chi connectivity index (χ1v) is 11.1. The first-order valence-electron chi connectivity index (χ1n) is 10.7. The Bertz CT molecular complexity index is 972. The van der Waals surface area contributed by atoms with E-state index in [0.717, 1.165) is 60.9 Å². The highest BCUT2D eigenvalue weighted by molar-refractivity contribution is 6.34. The SMILES string of the molecule is Cc1cc(-c2cccc(C3CCC(=O)NC3=O)c2Cl)ccc1OCCN1CCOCC1. The van der Waals surface area contributed by atoms with Gasteiger partial charge in [-0.2, -0.15) is 0 Å². The molecule has 2 saturated heterocycles. The molecule has 2 aliphatic rings. The molecule has 2 aromatic rings. The van der Waals surface area contributed by atoms with Crippen LogP contribution in [-0.2, 0) is 14.3 Å². The van der Waals surface area contributed by atoms with E-state index >= 15 is 0 Å². The molecule has 2 aliphatic heterocycles. The molecular formula is C24H27ClN2O4. The Balaban J connectivity index is 1.47. The van der Waals surface area contributed by atoms with Gasteiger partial charge < -0.3 is 9.47 Å². The van der Waals surface area contributed by atoms with Crippen LogP contribution < -0.4 is 10.1 Å². The number of rotatable bonds is 6. The van der Waals surface area contributed by atoms with Crippen molar-refractivity contribution < 1.29 is 19.1 Å². The molecule has 2 fully saturated rings. The Hall–Kier alpha value is -2.41. The first kappa shape index (κ1) is 21.8. The van der Waals surface area contributed by atoms with E-state index in [1.165, 1.54) is 0 Å². The standard InChI is InChI=1S/C24H27ClN2O4/c1-16-15-17(5-7-21(16)31-14-11-27-9-12-30-13-10-27)18-3-2-4-19(23(18)25)20-6-8-22(28)26-24(20)29/h2-5,7,15,20H,6,8-14H2,1H3,(H,26,28,29). The number of piperidine rings is 1. The molecule has 0 aliphatic carbocycles. The summed E-state index contributed by atoms with van der Waals surface area (Å²) in [4.78, 5) is 26.1.